The van der Waals surface area contributed by atoms with Crippen molar-refractivity contribution in [3.8, 4) is 23.0 Å². The van der Waals surface area contributed by atoms with Crippen LogP contribution in [0, 0.1) is 0 Å². The zero-order valence-electron chi connectivity index (χ0n) is 12.3. The zero-order valence-corrected chi connectivity index (χ0v) is 13.0. The van der Waals surface area contributed by atoms with Gasteiger partial charge in [-0.3, -0.25) is 0 Å². The highest BCUT2D eigenvalue weighted by Gasteiger charge is 2.18. The van der Waals surface area contributed by atoms with Gasteiger partial charge >= 0.3 is 0 Å². The van der Waals surface area contributed by atoms with Gasteiger partial charge < -0.3 is 14.8 Å². The lowest BCUT2D eigenvalue weighted by atomic mass is 10.2. The van der Waals surface area contributed by atoms with Gasteiger partial charge in [-0.1, -0.05) is 41.9 Å². The number of anilines is 1. The van der Waals surface area contributed by atoms with Gasteiger partial charge in [0.2, 0.25) is 0 Å². The first-order chi connectivity index (χ1) is 11.3. The van der Waals surface area contributed by atoms with Crippen LogP contribution in [0.25, 0.3) is 0 Å². The molecule has 0 amide bonds. The molecule has 0 saturated carbocycles. The molecular formula is C19H14ClNO2. The van der Waals surface area contributed by atoms with Crippen LogP contribution >= 0.6 is 11.6 Å². The molecule has 4 heteroatoms. The van der Waals surface area contributed by atoms with E-state index in [1.165, 1.54) is 0 Å². The molecule has 0 radical (unpaired) electrons. The fourth-order valence-electron chi connectivity index (χ4n) is 2.48. The van der Waals surface area contributed by atoms with Gasteiger partial charge in [0.1, 0.15) is 0 Å². The first-order valence-electron chi connectivity index (χ1n) is 7.36. The van der Waals surface area contributed by atoms with Crippen molar-refractivity contribution in [2.75, 3.05) is 5.32 Å². The van der Waals surface area contributed by atoms with Crippen molar-refractivity contribution in [2.45, 2.75) is 6.54 Å². The van der Waals surface area contributed by atoms with E-state index in [-0.39, 0.29) is 0 Å². The highest BCUT2D eigenvalue weighted by molar-refractivity contribution is 6.31. The van der Waals surface area contributed by atoms with E-state index in [1.54, 1.807) is 0 Å². The molecule has 1 aliphatic heterocycles. The van der Waals surface area contributed by atoms with Gasteiger partial charge in [-0.05, 0) is 35.9 Å². The minimum absolute atomic E-state index is 0.649. The Bertz CT molecular complexity index is 863. The Hall–Kier alpha value is -2.65. The average Bonchev–Trinajstić information content (AvgIpc) is 2.59. The van der Waals surface area contributed by atoms with Crippen LogP contribution in [0.1, 0.15) is 5.56 Å². The Labute approximate surface area is 139 Å². The summed E-state index contributed by atoms with van der Waals surface area (Å²) in [4.78, 5) is 0. The summed E-state index contributed by atoms with van der Waals surface area (Å²) in [6.07, 6.45) is 0. The van der Waals surface area contributed by atoms with Gasteiger partial charge in [0, 0.05) is 23.3 Å². The predicted molar refractivity (Wildman–Crippen MR) is 91.8 cm³/mol. The van der Waals surface area contributed by atoms with Gasteiger partial charge in [-0.25, -0.2) is 0 Å². The van der Waals surface area contributed by atoms with E-state index in [0.717, 1.165) is 27.8 Å². The van der Waals surface area contributed by atoms with Crippen molar-refractivity contribution in [3.63, 3.8) is 0 Å². The molecule has 0 bridgehead atoms. The fourth-order valence-corrected chi connectivity index (χ4v) is 2.68. The topological polar surface area (TPSA) is 30.5 Å². The van der Waals surface area contributed by atoms with Crippen molar-refractivity contribution in [1.82, 2.24) is 0 Å². The molecule has 1 heterocycles. The summed E-state index contributed by atoms with van der Waals surface area (Å²) in [6, 6.07) is 21.2. The predicted octanol–water partition coefficient (Wildman–Crippen LogP) is 5.85. The third-order valence-corrected chi connectivity index (χ3v) is 4.04. The molecule has 4 rings (SSSR count). The van der Waals surface area contributed by atoms with E-state index in [1.807, 2.05) is 66.7 Å². The maximum Gasteiger partial charge on any atom is 0.172 e. The zero-order chi connectivity index (χ0) is 15.6. The van der Waals surface area contributed by atoms with Gasteiger partial charge in [0.15, 0.2) is 23.0 Å². The maximum absolute atomic E-state index is 6.18. The van der Waals surface area contributed by atoms with E-state index in [0.29, 0.717) is 18.0 Å². The minimum Gasteiger partial charge on any atom is -0.450 e. The number of rotatable bonds is 3. The third-order valence-electron chi connectivity index (χ3n) is 3.67. The molecule has 0 unspecified atom stereocenters. The second-order valence-corrected chi connectivity index (χ2v) is 5.66. The number of hydrogen-bond acceptors (Lipinski definition) is 3. The molecule has 114 valence electrons. The van der Waals surface area contributed by atoms with E-state index in [2.05, 4.69) is 5.32 Å². The molecule has 0 aliphatic carbocycles. The molecule has 0 aromatic heterocycles. The van der Waals surface area contributed by atoms with Crippen molar-refractivity contribution in [3.05, 3.63) is 77.3 Å². The van der Waals surface area contributed by atoms with Crippen LogP contribution < -0.4 is 14.8 Å². The first-order valence-corrected chi connectivity index (χ1v) is 7.73. The first kappa shape index (κ1) is 14.0. The van der Waals surface area contributed by atoms with Crippen LogP contribution in [0.4, 0.5) is 5.69 Å². The van der Waals surface area contributed by atoms with E-state index >= 15 is 0 Å². The lowest BCUT2D eigenvalue weighted by Gasteiger charge is -2.21. The number of fused-ring (bicyclic) bond motifs is 2. The lowest BCUT2D eigenvalue weighted by Crippen LogP contribution is -2.02. The number of para-hydroxylation sites is 2. The van der Waals surface area contributed by atoms with E-state index in [9.17, 15) is 0 Å². The van der Waals surface area contributed by atoms with Crippen LogP contribution in [0.5, 0.6) is 23.0 Å². The van der Waals surface area contributed by atoms with Crippen LogP contribution in [0.3, 0.4) is 0 Å². The summed E-state index contributed by atoms with van der Waals surface area (Å²) in [5.74, 6) is 2.87. The summed E-state index contributed by atoms with van der Waals surface area (Å²) in [5, 5.41) is 4.11. The SMILES string of the molecule is Clc1ccccc1CNc1ccc2c(c1)Oc1ccccc1O2. The Morgan fingerprint density at radius 3 is 2.17 bits per heavy atom. The highest BCUT2D eigenvalue weighted by atomic mass is 35.5. The lowest BCUT2D eigenvalue weighted by molar-refractivity contribution is 0.360. The average molecular weight is 324 g/mol. The van der Waals surface area contributed by atoms with Crippen molar-refractivity contribution in [1.29, 1.82) is 0 Å². The van der Waals surface area contributed by atoms with Gasteiger partial charge in [0.05, 0.1) is 0 Å². The standard InChI is InChI=1S/C19H14ClNO2/c20-15-6-2-1-5-13(15)12-21-14-9-10-18-19(11-14)23-17-8-4-3-7-16(17)22-18/h1-11,21H,12H2. The van der Waals surface area contributed by atoms with Crippen LogP contribution in [-0.4, -0.2) is 0 Å². The molecule has 1 aliphatic rings. The minimum atomic E-state index is 0.649. The quantitative estimate of drug-likeness (QED) is 0.513. The Balaban J connectivity index is 1.53. The van der Waals surface area contributed by atoms with Crippen molar-refractivity contribution in [2.24, 2.45) is 0 Å². The molecule has 1 N–H and O–H groups in total. The molecular weight excluding hydrogens is 310 g/mol. The molecule has 3 nitrogen and oxygen atoms in total. The van der Waals surface area contributed by atoms with Gasteiger partial charge in [-0.15, -0.1) is 0 Å². The van der Waals surface area contributed by atoms with Gasteiger partial charge in [-0.2, -0.15) is 0 Å². The third kappa shape index (κ3) is 2.83. The van der Waals surface area contributed by atoms with Crippen LogP contribution in [0.15, 0.2) is 66.7 Å². The fraction of sp³-hybridized carbons (Fsp3) is 0.0526. The smallest absolute Gasteiger partial charge is 0.172 e. The largest absolute Gasteiger partial charge is 0.450 e. The van der Waals surface area contributed by atoms with E-state index in [4.69, 9.17) is 21.1 Å². The van der Waals surface area contributed by atoms with Gasteiger partial charge in [0.25, 0.3) is 0 Å². The molecule has 0 spiro atoms. The number of benzene rings is 3. The number of ether oxygens (including phenoxy) is 2. The monoisotopic (exact) mass is 323 g/mol. The summed E-state index contributed by atoms with van der Waals surface area (Å²) in [7, 11) is 0. The summed E-state index contributed by atoms with van der Waals surface area (Å²) >= 11 is 6.18. The Kier molecular flexibility index (Phi) is 3.56. The summed E-state index contributed by atoms with van der Waals surface area (Å²) < 4.78 is 11.7. The van der Waals surface area contributed by atoms with E-state index < -0.39 is 0 Å². The summed E-state index contributed by atoms with van der Waals surface area (Å²) in [6.45, 7) is 0.649. The molecule has 0 atom stereocenters. The maximum atomic E-state index is 6.18. The highest BCUT2D eigenvalue weighted by Crippen LogP contribution is 2.45. The number of hydrogen-bond donors (Lipinski definition) is 1. The molecule has 0 fully saturated rings. The molecule has 3 aromatic rings. The van der Waals surface area contributed by atoms with Crippen molar-refractivity contribution >= 4 is 17.3 Å². The normalized spacial score (nSPS) is 11.7. The molecule has 3 aromatic carbocycles. The van der Waals surface area contributed by atoms with Crippen LogP contribution in [-0.2, 0) is 6.54 Å². The summed E-state index contributed by atoms with van der Waals surface area (Å²) in [5.41, 5.74) is 2.00. The Morgan fingerprint density at radius 1 is 0.739 bits per heavy atom. The molecule has 23 heavy (non-hydrogen) atoms. The number of halogens is 1. The van der Waals surface area contributed by atoms with Crippen molar-refractivity contribution < 1.29 is 9.47 Å². The second-order valence-electron chi connectivity index (χ2n) is 5.26. The molecule has 0 saturated heterocycles. The second kappa shape index (κ2) is 5.86. The number of nitrogens with one attached hydrogen (secondary N) is 1. The Morgan fingerprint density at radius 2 is 1.39 bits per heavy atom. The van der Waals surface area contributed by atoms with Crippen LogP contribution in [0.2, 0.25) is 5.02 Å².